The van der Waals surface area contributed by atoms with Gasteiger partial charge >= 0.3 is 6.09 Å². The number of nitrogens with zero attached hydrogens (tertiary/aromatic N) is 5. The molecule has 206 valence electrons. The van der Waals surface area contributed by atoms with Crippen LogP contribution in [0.3, 0.4) is 0 Å². The summed E-state index contributed by atoms with van der Waals surface area (Å²) in [6, 6.07) is 7.55. The number of anilines is 2. The smallest absolute Gasteiger partial charge is 0.410 e. The number of aromatic nitrogens is 2. The fraction of sp³-hybridized carbons (Fsp3) is 0.556. The van der Waals surface area contributed by atoms with Gasteiger partial charge in [0, 0.05) is 50.8 Å². The molecule has 0 unspecified atom stereocenters. The van der Waals surface area contributed by atoms with Crippen molar-refractivity contribution in [2.24, 2.45) is 0 Å². The Kier molecular flexibility index (Phi) is 8.72. The topological polar surface area (TPSA) is 90.9 Å². The van der Waals surface area contributed by atoms with Gasteiger partial charge < -0.3 is 24.8 Å². The molecule has 0 bridgehead atoms. The Morgan fingerprint density at radius 2 is 1.66 bits per heavy atom. The highest BCUT2D eigenvalue weighted by Gasteiger charge is 2.46. The van der Waals surface area contributed by atoms with Gasteiger partial charge in [0.1, 0.15) is 28.0 Å². The summed E-state index contributed by atoms with van der Waals surface area (Å²) in [5.74, 6) is 1.67. The highest BCUT2D eigenvalue weighted by atomic mass is 79.9. The zero-order chi connectivity index (χ0) is 27.5. The average Bonchev–Trinajstić information content (AvgIpc) is 2.89. The molecule has 1 N–H and O–H groups in total. The van der Waals surface area contributed by atoms with E-state index in [1.54, 1.807) is 11.2 Å². The van der Waals surface area contributed by atoms with Gasteiger partial charge in [0.05, 0.1) is 5.41 Å². The molecule has 2 fully saturated rings. The van der Waals surface area contributed by atoms with Gasteiger partial charge in [0.15, 0.2) is 0 Å². The summed E-state index contributed by atoms with van der Waals surface area (Å²) < 4.78 is 6.41. The van der Waals surface area contributed by atoms with Crippen LogP contribution in [0.4, 0.5) is 16.4 Å². The largest absolute Gasteiger partial charge is 0.444 e. The summed E-state index contributed by atoms with van der Waals surface area (Å²) in [5, 5.41) is 3.87. The molecule has 9 nitrogen and oxygen atoms in total. The van der Waals surface area contributed by atoms with E-state index < -0.39 is 11.0 Å². The first-order valence-electron chi connectivity index (χ1n) is 13.1. The molecule has 0 atom stereocenters. The lowest BCUT2D eigenvalue weighted by molar-refractivity contribution is -0.140. The number of carbonyl (C=O) groups is 2. The number of rotatable bonds is 5. The van der Waals surface area contributed by atoms with E-state index in [1.807, 2.05) is 56.9 Å². The number of nitrogens with one attached hydrogen (secondary N) is 1. The maximum Gasteiger partial charge on any atom is 0.410 e. The van der Waals surface area contributed by atoms with Gasteiger partial charge in [-0.2, -0.15) is 0 Å². The van der Waals surface area contributed by atoms with Gasteiger partial charge in [-0.15, -0.1) is 0 Å². The van der Waals surface area contributed by atoms with Gasteiger partial charge in [-0.1, -0.05) is 23.7 Å². The number of likely N-dealkylation sites (tertiary alicyclic amines) is 1. The minimum absolute atomic E-state index is 0.0957. The molecule has 3 heterocycles. The highest BCUT2D eigenvalue weighted by Crippen LogP contribution is 2.39. The van der Waals surface area contributed by atoms with Gasteiger partial charge in [0.2, 0.25) is 5.91 Å². The van der Waals surface area contributed by atoms with Gasteiger partial charge in [-0.05, 0) is 74.2 Å². The number of piperidine rings is 1. The first kappa shape index (κ1) is 28.4. The van der Waals surface area contributed by atoms with Crippen LogP contribution in [-0.4, -0.2) is 83.2 Å². The van der Waals surface area contributed by atoms with Crippen molar-refractivity contribution in [3.63, 3.8) is 0 Å². The number of hydrogen-bond acceptors (Lipinski definition) is 7. The van der Waals surface area contributed by atoms with Crippen LogP contribution in [0, 0.1) is 0 Å². The van der Waals surface area contributed by atoms with E-state index in [0.717, 1.165) is 28.2 Å². The molecule has 38 heavy (non-hydrogen) atoms. The molecule has 0 saturated carbocycles. The monoisotopic (exact) mass is 606 g/mol. The predicted octanol–water partition coefficient (Wildman–Crippen LogP) is 4.94. The Hall–Kier alpha value is -2.59. The second-order valence-electron chi connectivity index (χ2n) is 10.7. The molecule has 4 rings (SSSR count). The third kappa shape index (κ3) is 6.17. The lowest BCUT2D eigenvalue weighted by Crippen LogP contribution is -2.58. The van der Waals surface area contributed by atoms with E-state index in [2.05, 4.69) is 36.1 Å². The van der Waals surface area contributed by atoms with Crippen LogP contribution in [0.2, 0.25) is 5.02 Å². The van der Waals surface area contributed by atoms with Crippen LogP contribution in [0.1, 0.15) is 46.1 Å². The number of halogens is 2. The third-order valence-corrected chi connectivity index (χ3v) is 8.04. The summed E-state index contributed by atoms with van der Waals surface area (Å²) in [6.45, 7) is 11.7. The number of piperazine rings is 1. The molecule has 0 aliphatic carbocycles. The first-order valence-corrected chi connectivity index (χ1v) is 14.2. The first-order chi connectivity index (χ1) is 18.0. The molecule has 11 heteroatoms. The minimum Gasteiger partial charge on any atom is -0.444 e. The number of ether oxygens (including phenoxy) is 1. The van der Waals surface area contributed by atoms with Crippen molar-refractivity contribution in [2.75, 3.05) is 56.0 Å². The minimum atomic E-state index is -0.723. The SMILES string of the molecule is CCNc1ncnc(N2CCN(C(=O)C3(c4ccc(Cl)cc4)CCN(C(=O)OC(C)(C)C)CC3)CC2)c1Br. The summed E-state index contributed by atoms with van der Waals surface area (Å²) in [6.07, 6.45) is 2.27. The molecular formula is C27H36BrClN6O3. The van der Waals surface area contributed by atoms with Crippen LogP contribution in [-0.2, 0) is 14.9 Å². The number of hydrogen-bond donors (Lipinski definition) is 1. The van der Waals surface area contributed by atoms with Crippen molar-refractivity contribution in [3.05, 3.63) is 45.7 Å². The lowest BCUT2D eigenvalue weighted by atomic mass is 9.71. The molecule has 2 aromatic rings. The van der Waals surface area contributed by atoms with Gasteiger partial charge in [0.25, 0.3) is 0 Å². The van der Waals surface area contributed by atoms with Crippen molar-refractivity contribution in [1.82, 2.24) is 19.8 Å². The maximum atomic E-state index is 14.2. The molecular weight excluding hydrogens is 572 g/mol. The zero-order valence-electron chi connectivity index (χ0n) is 22.5. The van der Waals surface area contributed by atoms with Crippen LogP contribution in [0.15, 0.2) is 35.1 Å². The quantitative estimate of drug-likeness (QED) is 0.515. The Bertz CT molecular complexity index is 1140. The number of amides is 2. The standard InChI is InChI=1S/C27H36BrClN6O3/c1-5-30-22-21(28)23(32-18-31-22)33-14-16-34(17-15-33)24(36)27(19-6-8-20(29)9-7-19)10-12-35(13-11-27)25(37)38-26(2,3)4/h6-9,18H,5,10-17H2,1-4H3,(H,30,31,32). The Morgan fingerprint density at radius 1 is 1.03 bits per heavy atom. The van der Waals surface area contributed by atoms with E-state index in [0.29, 0.717) is 57.1 Å². The molecule has 1 aromatic carbocycles. The summed E-state index contributed by atoms with van der Waals surface area (Å²) in [7, 11) is 0. The van der Waals surface area contributed by atoms with Crippen LogP contribution in [0.25, 0.3) is 0 Å². The summed E-state index contributed by atoms with van der Waals surface area (Å²) in [4.78, 5) is 41.5. The second kappa shape index (κ2) is 11.7. The Balaban J connectivity index is 1.50. The van der Waals surface area contributed by atoms with E-state index in [4.69, 9.17) is 16.3 Å². The predicted molar refractivity (Wildman–Crippen MR) is 153 cm³/mol. The van der Waals surface area contributed by atoms with Crippen LogP contribution in [0.5, 0.6) is 0 Å². The van der Waals surface area contributed by atoms with Gasteiger partial charge in [-0.3, -0.25) is 4.79 Å². The van der Waals surface area contributed by atoms with Crippen molar-refractivity contribution in [1.29, 1.82) is 0 Å². The van der Waals surface area contributed by atoms with Gasteiger partial charge in [-0.25, -0.2) is 14.8 Å². The molecule has 1 aromatic heterocycles. The van der Waals surface area contributed by atoms with E-state index in [1.165, 1.54) is 0 Å². The van der Waals surface area contributed by atoms with E-state index >= 15 is 0 Å². The fourth-order valence-corrected chi connectivity index (χ4v) is 5.81. The Labute approximate surface area is 238 Å². The molecule has 2 aliphatic heterocycles. The van der Waals surface area contributed by atoms with E-state index in [9.17, 15) is 9.59 Å². The number of carbonyl (C=O) groups excluding carboxylic acids is 2. The van der Waals surface area contributed by atoms with Crippen molar-refractivity contribution < 1.29 is 14.3 Å². The molecule has 2 saturated heterocycles. The summed E-state index contributed by atoms with van der Waals surface area (Å²) >= 11 is 9.82. The van der Waals surface area contributed by atoms with Crippen molar-refractivity contribution >= 4 is 51.2 Å². The second-order valence-corrected chi connectivity index (χ2v) is 12.0. The van der Waals surface area contributed by atoms with Crippen LogP contribution >= 0.6 is 27.5 Å². The lowest BCUT2D eigenvalue weighted by Gasteiger charge is -2.45. The van der Waals surface area contributed by atoms with Crippen LogP contribution < -0.4 is 10.2 Å². The summed E-state index contributed by atoms with van der Waals surface area (Å²) in [5.41, 5.74) is -0.352. The van der Waals surface area contributed by atoms with E-state index in [-0.39, 0.29) is 12.0 Å². The third-order valence-electron chi connectivity index (χ3n) is 7.06. The fourth-order valence-electron chi connectivity index (χ4n) is 5.09. The van der Waals surface area contributed by atoms with Crippen molar-refractivity contribution in [2.45, 2.75) is 51.6 Å². The molecule has 0 radical (unpaired) electrons. The Morgan fingerprint density at radius 3 is 2.24 bits per heavy atom. The molecule has 2 aliphatic rings. The normalized spacial score (nSPS) is 17.8. The highest BCUT2D eigenvalue weighted by molar-refractivity contribution is 9.10. The number of benzene rings is 1. The molecule has 2 amide bonds. The average molecular weight is 608 g/mol. The van der Waals surface area contributed by atoms with Crippen molar-refractivity contribution in [3.8, 4) is 0 Å². The zero-order valence-corrected chi connectivity index (χ0v) is 24.8. The molecule has 0 spiro atoms. The maximum absolute atomic E-state index is 14.2.